The zero-order valence-corrected chi connectivity index (χ0v) is 34.8. The molecule has 1 aromatic heterocycles. The highest BCUT2D eigenvalue weighted by Gasteiger charge is 2.31. The van der Waals surface area contributed by atoms with Crippen LogP contribution in [0, 0.1) is 0 Å². The van der Waals surface area contributed by atoms with Gasteiger partial charge >= 0.3 is 6.36 Å². The van der Waals surface area contributed by atoms with Crippen molar-refractivity contribution in [2.24, 2.45) is 0 Å². The van der Waals surface area contributed by atoms with Crippen molar-refractivity contribution in [3.63, 3.8) is 0 Å². The predicted molar refractivity (Wildman–Crippen MR) is 223 cm³/mol. The number of anilines is 1. The van der Waals surface area contributed by atoms with Crippen molar-refractivity contribution in [2.45, 2.75) is 38.3 Å². The van der Waals surface area contributed by atoms with Crippen molar-refractivity contribution in [3.05, 3.63) is 102 Å². The minimum atomic E-state index is -4.77. The van der Waals surface area contributed by atoms with E-state index >= 15 is 0 Å². The maximum absolute atomic E-state index is 13.0. The molecule has 0 spiro atoms. The van der Waals surface area contributed by atoms with Crippen LogP contribution in [0.2, 0.25) is 0 Å². The molecular weight excluding hydrogens is 798 g/mol. The Morgan fingerprint density at radius 1 is 0.638 bits per heavy atom. The SMILES string of the molecule is COc1cc(-c2cccc(CN(c3ccc(OC(F)(F)F)cc3)C3CCN(Cc4ccnc(-c5cc(OC)c(OC)c(OC)c5)c4)CC3)c2)cc(OC)c1OC.Cl.Cl. The number of likely N-dealkylation sites (tertiary alicyclic amines) is 1. The first-order valence-electron chi connectivity index (χ1n) is 18.1. The number of halogens is 5. The van der Waals surface area contributed by atoms with E-state index in [1.165, 1.54) is 12.1 Å². The van der Waals surface area contributed by atoms with Gasteiger partial charge in [0.15, 0.2) is 23.0 Å². The lowest BCUT2D eigenvalue weighted by Crippen LogP contribution is -2.44. The number of pyridine rings is 1. The van der Waals surface area contributed by atoms with Crippen LogP contribution in [-0.2, 0) is 13.1 Å². The standard InChI is InChI=1S/C43H46F3N3O7.2ClH/c1-50-37-22-31(23-38(51-2)41(37)54-5)30-9-7-8-28(20-30)27-49(33-10-12-35(13-11-33)56-43(44,45)46)34-15-18-48(19-16-34)26-29-14-17-47-36(21-29)32-24-39(52-3)42(55-6)40(25-32)53-4;;/h7-14,17,20-25,34H,15-16,18-19,26-27H2,1-6H3;2*1H. The van der Waals surface area contributed by atoms with Crippen molar-refractivity contribution < 1.29 is 46.3 Å². The van der Waals surface area contributed by atoms with Crippen LogP contribution in [0.25, 0.3) is 22.4 Å². The first kappa shape index (κ1) is 45.5. The second kappa shape index (κ2) is 20.4. The van der Waals surface area contributed by atoms with Gasteiger partial charge in [-0.25, -0.2) is 0 Å². The van der Waals surface area contributed by atoms with Gasteiger partial charge in [0.1, 0.15) is 5.75 Å². The van der Waals surface area contributed by atoms with Crippen molar-refractivity contribution in [1.82, 2.24) is 9.88 Å². The summed E-state index contributed by atoms with van der Waals surface area (Å²) in [5.74, 6) is 2.96. The second-order valence-electron chi connectivity index (χ2n) is 13.3. The van der Waals surface area contributed by atoms with Crippen molar-refractivity contribution >= 4 is 30.5 Å². The number of hydrogen-bond donors (Lipinski definition) is 0. The highest BCUT2D eigenvalue weighted by molar-refractivity contribution is 5.85. The van der Waals surface area contributed by atoms with Gasteiger partial charge in [0, 0.05) is 49.7 Å². The van der Waals surface area contributed by atoms with Crippen molar-refractivity contribution in [3.8, 4) is 62.6 Å². The number of rotatable bonds is 15. The number of benzene rings is 4. The maximum Gasteiger partial charge on any atom is 0.573 e. The number of methoxy groups -OCH3 is 6. The number of piperidine rings is 1. The molecule has 0 radical (unpaired) electrons. The molecule has 1 aliphatic heterocycles. The summed E-state index contributed by atoms with van der Waals surface area (Å²) >= 11 is 0. The molecule has 0 N–H and O–H groups in total. The molecule has 2 heterocycles. The van der Waals surface area contributed by atoms with Gasteiger partial charge in [-0.05, 0) is 102 Å². The fourth-order valence-corrected chi connectivity index (χ4v) is 7.17. The van der Waals surface area contributed by atoms with Gasteiger partial charge in [0.25, 0.3) is 0 Å². The number of ether oxygens (including phenoxy) is 7. The monoisotopic (exact) mass is 845 g/mol. The van der Waals surface area contributed by atoms with E-state index in [4.69, 9.17) is 28.4 Å². The Balaban J connectivity index is 0.00000372. The summed E-state index contributed by atoms with van der Waals surface area (Å²) in [5.41, 5.74) is 6.42. The Labute approximate surface area is 349 Å². The van der Waals surface area contributed by atoms with Gasteiger partial charge in [-0.1, -0.05) is 18.2 Å². The van der Waals surface area contributed by atoms with Crippen LogP contribution in [0.5, 0.6) is 40.2 Å². The maximum atomic E-state index is 13.0. The molecule has 1 fully saturated rings. The molecule has 0 amide bonds. The summed E-state index contributed by atoms with van der Waals surface area (Å²) in [6.45, 7) is 2.91. The zero-order valence-electron chi connectivity index (χ0n) is 33.1. The van der Waals surface area contributed by atoms with Gasteiger partial charge in [-0.2, -0.15) is 0 Å². The van der Waals surface area contributed by atoms with Crippen LogP contribution in [0.3, 0.4) is 0 Å². The molecular formula is C43H48Cl2F3N3O7. The van der Waals surface area contributed by atoms with E-state index in [1.54, 1.807) is 61.0 Å². The quantitative estimate of drug-likeness (QED) is 0.102. The predicted octanol–water partition coefficient (Wildman–Crippen LogP) is 9.88. The molecule has 10 nitrogen and oxygen atoms in total. The average molecular weight is 847 g/mol. The van der Waals surface area contributed by atoms with E-state index in [9.17, 15) is 13.2 Å². The molecule has 0 unspecified atom stereocenters. The number of nitrogens with zero attached hydrogens (tertiary/aromatic N) is 3. The summed E-state index contributed by atoms with van der Waals surface area (Å²) in [6.07, 6.45) is -1.28. The molecule has 0 bridgehead atoms. The van der Waals surface area contributed by atoms with Gasteiger partial charge in [0.2, 0.25) is 11.5 Å². The van der Waals surface area contributed by atoms with Crippen LogP contribution in [-0.4, -0.2) is 78.0 Å². The lowest BCUT2D eigenvalue weighted by Gasteiger charge is -2.40. The van der Waals surface area contributed by atoms with Gasteiger partial charge in [-0.3, -0.25) is 9.88 Å². The second-order valence-corrected chi connectivity index (χ2v) is 13.3. The van der Waals surface area contributed by atoms with E-state index < -0.39 is 6.36 Å². The molecule has 58 heavy (non-hydrogen) atoms. The summed E-state index contributed by atoms with van der Waals surface area (Å²) in [4.78, 5) is 9.31. The Bertz CT molecular complexity index is 2050. The average Bonchev–Trinajstić information content (AvgIpc) is 3.22. The molecule has 1 aliphatic rings. The van der Waals surface area contributed by atoms with Gasteiger partial charge in [0.05, 0.1) is 48.4 Å². The van der Waals surface area contributed by atoms with Crippen molar-refractivity contribution in [1.29, 1.82) is 0 Å². The van der Waals surface area contributed by atoms with Crippen LogP contribution in [0.15, 0.2) is 91.1 Å². The molecule has 0 saturated carbocycles. The van der Waals surface area contributed by atoms with Crippen LogP contribution >= 0.6 is 24.8 Å². The Kier molecular flexibility index (Phi) is 16.0. The minimum Gasteiger partial charge on any atom is -0.493 e. The largest absolute Gasteiger partial charge is 0.573 e. The fraction of sp³-hybridized carbons (Fsp3) is 0.326. The van der Waals surface area contributed by atoms with E-state index in [2.05, 4.69) is 37.7 Å². The molecule has 5 aromatic rings. The molecule has 312 valence electrons. The van der Waals surface area contributed by atoms with E-state index in [1.807, 2.05) is 42.5 Å². The summed E-state index contributed by atoms with van der Waals surface area (Å²) < 4.78 is 76.5. The van der Waals surface area contributed by atoms with Gasteiger partial charge in [-0.15, -0.1) is 38.0 Å². The lowest BCUT2D eigenvalue weighted by molar-refractivity contribution is -0.274. The first-order valence-corrected chi connectivity index (χ1v) is 18.1. The smallest absolute Gasteiger partial charge is 0.493 e. The van der Waals surface area contributed by atoms with Crippen LogP contribution in [0.1, 0.15) is 24.0 Å². The third kappa shape index (κ3) is 10.8. The fourth-order valence-electron chi connectivity index (χ4n) is 7.17. The Morgan fingerprint density at radius 3 is 1.71 bits per heavy atom. The first-order chi connectivity index (χ1) is 27.1. The third-order valence-electron chi connectivity index (χ3n) is 9.87. The number of alkyl halides is 3. The zero-order chi connectivity index (χ0) is 39.8. The summed E-state index contributed by atoms with van der Waals surface area (Å²) in [6, 6.07) is 26.1. The van der Waals surface area contributed by atoms with E-state index in [0.29, 0.717) is 41.0 Å². The molecule has 6 rings (SSSR count). The highest BCUT2D eigenvalue weighted by Crippen LogP contribution is 2.43. The minimum absolute atomic E-state index is 0. The molecule has 1 saturated heterocycles. The third-order valence-corrected chi connectivity index (χ3v) is 9.87. The topological polar surface area (TPSA) is 84.0 Å². The summed E-state index contributed by atoms with van der Waals surface area (Å²) in [7, 11) is 9.47. The molecule has 0 aliphatic carbocycles. The van der Waals surface area contributed by atoms with Crippen molar-refractivity contribution in [2.75, 3.05) is 60.6 Å². The van der Waals surface area contributed by atoms with Crippen LogP contribution in [0.4, 0.5) is 18.9 Å². The van der Waals surface area contributed by atoms with E-state index in [-0.39, 0.29) is 36.6 Å². The Morgan fingerprint density at radius 2 is 1.19 bits per heavy atom. The molecule has 4 aromatic carbocycles. The highest BCUT2D eigenvalue weighted by atomic mass is 35.5. The summed E-state index contributed by atoms with van der Waals surface area (Å²) in [5, 5.41) is 0. The normalized spacial score (nSPS) is 13.1. The van der Waals surface area contributed by atoms with Gasteiger partial charge < -0.3 is 38.1 Å². The lowest BCUT2D eigenvalue weighted by atomic mass is 9.98. The molecule has 0 atom stereocenters. The number of aromatic nitrogens is 1. The number of hydrogen-bond acceptors (Lipinski definition) is 10. The molecule has 15 heteroatoms. The Hall–Kier alpha value is -5.24. The van der Waals surface area contributed by atoms with E-state index in [0.717, 1.165) is 71.7 Å². The van der Waals surface area contributed by atoms with Crippen LogP contribution < -0.4 is 38.1 Å².